The standard InChI is InChI=1S/C12H22N2O2/c1-12(4-6-16-7-5-12)9-14-10-2-3-11(15)13-8-10/h10,14H,2-9H2,1H3,(H,13,15). The van der Waals surface area contributed by atoms with E-state index in [2.05, 4.69) is 17.6 Å². The molecule has 1 unspecified atom stereocenters. The van der Waals surface area contributed by atoms with E-state index in [9.17, 15) is 4.79 Å². The van der Waals surface area contributed by atoms with Crippen molar-refractivity contribution in [1.82, 2.24) is 10.6 Å². The molecule has 1 amide bonds. The van der Waals surface area contributed by atoms with Gasteiger partial charge < -0.3 is 15.4 Å². The summed E-state index contributed by atoms with van der Waals surface area (Å²) in [7, 11) is 0. The molecule has 0 saturated carbocycles. The van der Waals surface area contributed by atoms with Gasteiger partial charge in [0.1, 0.15) is 0 Å². The van der Waals surface area contributed by atoms with Crippen molar-refractivity contribution in [1.29, 1.82) is 0 Å². The number of ether oxygens (including phenoxy) is 1. The minimum absolute atomic E-state index is 0.190. The molecule has 0 aromatic carbocycles. The van der Waals surface area contributed by atoms with Crippen LogP contribution in [-0.2, 0) is 9.53 Å². The quantitative estimate of drug-likeness (QED) is 0.743. The number of rotatable bonds is 3. The Morgan fingerprint density at radius 3 is 2.88 bits per heavy atom. The summed E-state index contributed by atoms with van der Waals surface area (Å²) in [5.74, 6) is 0.190. The van der Waals surface area contributed by atoms with Crippen LogP contribution in [0.15, 0.2) is 0 Å². The molecule has 4 heteroatoms. The number of piperidine rings is 1. The van der Waals surface area contributed by atoms with Crippen LogP contribution in [-0.4, -0.2) is 38.3 Å². The average molecular weight is 226 g/mol. The lowest BCUT2D eigenvalue weighted by atomic mass is 9.82. The first-order valence-corrected chi connectivity index (χ1v) is 6.26. The second-order valence-electron chi connectivity index (χ2n) is 5.34. The normalized spacial score (nSPS) is 29.8. The van der Waals surface area contributed by atoms with Gasteiger partial charge in [0.2, 0.25) is 5.91 Å². The van der Waals surface area contributed by atoms with E-state index < -0.39 is 0 Å². The minimum atomic E-state index is 0.190. The third-order valence-corrected chi connectivity index (χ3v) is 3.78. The molecule has 4 nitrogen and oxygen atoms in total. The summed E-state index contributed by atoms with van der Waals surface area (Å²) in [4.78, 5) is 11.0. The maximum Gasteiger partial charge on any atom is 0.220 e. The van der Waals surface area contributed by atoms with E-state index in [1.165, 1.54) is 0 Å². The molecule has 2 aliphatic rings. The fraction of sp³-hybridized carbons (Fsp3) is 0.917. The number of amides is 1. The van der Waals surface area contributed by atoms with Gasteiger partial charge in [0.15, 0.2) is 0 Å². The van der Waals surface area contributed by atoms with Crippen molar-refractivity contribution in [3.63, 3.8) is 0 Å². The second kappa shape index (κ2) is 5.15. The van der Waals surface area contributed by atoms with Gasteiger partial charge in [-0.1, -0.05) is 6.92 Å². The summed E-state index contributed by atoms with van der Waals surface area (Å²) in [6.07, 6.45) is 3.91. The van der Waals surface area contributed by atoms with Gasteiger partial charge in [-0.05, 0) is 24.7 Å². The molecular weight excluding hydrogens is 204 g/mol. The van der Waals surface area contributed by atoms with Crippen LogP contribution >= 0.6 is 0 Å². The first kappa shape index (κ1) is 11.9. The van der Waals surface area contributed by atoms with Crippen LogP contribution in [0.25, 0.3) is 0 Å². The smallest absolute Gasteiger partial charge is 0.220 e. The van der Waals surface area contributed by atoms with Crippen LogP contribution < -0.4 is 10.6 Å². The van der Waals surface area contributed by atoms with Gasteiger partial charge in [0.05, 0.1) is 0 Å². The minimum Gasteiger partial charge on any atom is -0.381 e. The van der Waals surface area contributed by atoms with E-state index in [1.54, 1.807) is 0 Å². The first-order chi connectivity index (χ1) is 7.68. The van der Waals surface area contributed by atoms with Crippen molar-refractivity contribution in [3.8, 4) is 0 Å². The van der Waals surface area contributed by atoms with Crippen molar-refractivity contribution in [2.75, 3.05) is 26.3 Å². The van der Waals surface area contributed by atoms with Crippen molar-refractivity contribution in [2.24, 2.45) is 5.41 Å². The molecule has 2 N–H and O–H groups in total. The van der Waals surface area contributed by atoms with Gasteiger partial charge >= 0.3 is 0 Å². The predicted molar refractivity (Wildman–Crippen MR) is 62.2 cm³/mol. The van der Waals surface area contributed by atoms with Gasteiger partial charge in [-0.3, -0.25) is 4.79 Å². The zero-order valence-electron chi connectivity index (χ0n) is 10.1. The molecule has 0 spiro atoms. The highest BCUT2D eigenvalue weighted by Crippen LogP contribution is 2.28. The number of nitrogens with one attached hydrogen (secondary N) is 2. The van der Waals surface area contributed by atoms with Crippen LogP contribution in [0.2, 0.25) is 0 Å². The molecule has 1 atom stereocenters. The molecule has 2 saturated heterocycles. The van der Waals surface area contributed by atoms with E-state index in [0.29, 0.717) is 17.9 Å². The summed E-state index contributed by atoms with van der Waals surface area (Å²) in [6, 6.07) is 0.456. The number of carbonyl (C=O) groups is 1. The van der Waals surface area contributed by atoms with Crippen molar-refractivity contribution in [3.05, 3.63) is 0 Å². The second-order valence-corrected chi connectivity index (χ2v) is 5.34. The molecule has 2 heterocycles. The molecule has 0 bridgehead atoms. The Morgan fingerprint density at radius 1 is 1.50 bits per heavy atom. The van der Waals surface area contributed by atoms with E-state index in [1.807, 2.05) is 0 Å². The van der Waals surface area contributed by atoms with Crippen LogP contribution in [0.1, 0.15) is 32.6 Å². The van der Waals surface area contributed by atoms with Crippen molar-refractivity contribution in [2.45, 2.75) is 38.6 Å². The predicted octanol–water partition coefficient (Wildman–Crippen LogP) is 0.671. The van der Waals surface area contributed by atoms with E-state index in [4.69, 9.17) is 4.74 Å². The van der Waals surface area contributed by atoms with Crippen molar-refractivity contribution >= 4 is 5.91 Å². The van der Waals surface area contributed by atoms with Crippen molar-refractivity contribution < 1.29 is 9.53 Å². The third-order valence-electron chi connectivity index (χ3n) is 3.78. The van der Waals surface area contributed by atoms with Gasteiger partial charge in [0, 0.05) is 38.8 Å². The molecule has 0 aliphatic carbocycles. The number of carbonyl (C=O) groups excluding carboxylic acids is 1. The zero-order chi connectivity index (χ0) is 11.4. The van der Waals surface area contributed by atoms with Crippen LogP contribution in [0.4, 0.5) is 0 Å². The zero-order valence-corrected chi connectivity index (χ0v) is 10.1. The molecule has 0 aromatic rings. The van der Waals surface area contributed by atoms with E-state index in [0.717, 1.165) is 45.6 Å². The lowest BCUT2D eigenvalue weighted by Crippen LogP contribution is -2.49. The third kappa shape index (κ3) is 3.19. The molecule has 2 fully saturated rings. The van der Waals surface area contributed by atoms with Crippen LogP contribution in [0.3, 0.4) is 0 Å². The maximum atomic E-state index is 11.0. The SMILES string of the molecule is CC1(CNC2CCC(=O)NC2)CCOCC1. The fourth-order valence-electron chi connectivity index (χ4n) is 2.34. The summed E-state index contributed by atoms with van der Waals surface area (Å²) in [6.45, 7) is 5.92. The molecule has 2 rings (SSSR count). The lowest BCUT2D eigenvalue weighted by Gasteiger charge is -2.36. The summed E-state index contributed by atoms with van der Waals surface area (Å²) >= 11 is 0. The van der Waals surface area contributed by atoms with E-state index in [-0.39, 0.29) is 5.91 Å². The Labute approximate surface area is 97.1 Å². The molecule has 2 aliphatic heterocycles. The molecule has 0 aromatic heterocycles. The number of hydrogen-bond acceptors (Lipinski definition) is 3. The lowest BCUT2D eigenvalue weighted by molar-refractivity contribution is -0.122. The monoisotopic (exact) mass is 226 g/mol. The first-order valence-electron chi connectivity index (χ1n) is 6.26. The Morgan fingerprint density at radius 2 is 2.25 bits per heavy atom. The highest BCUT2D eigenvalue weighted by atomic mass is 16.5. The molecule has 0 radical (unpaired) electrons. The Kier molecular flexibility index (Phi) is 3.82. The van der Waals surface area contributed by atoms with Crippen LogP contribution in [0, 0.1) is 5.41 Å². The summed E-state index contributed by atoms with van der Waals surface area (Å²) < 4.78 is 5.39. The Balaban J connectivity index is 1.71. The van der Waals surface area contributed by atoms with Gasteiger partial charge in [-0.25, -0.2) is 0 Å². The largest absolute Gasteiger partial charge is 0.381 e. The van der Waals surface area contributed by atoms with Gasteiger partial charge in [-0.15, -0.1) is 0 Å². The summed E-state index contributed by atoms with van der Waals surface area (Å²) in [5.41, 5.74) is 0.375. The summed E-state index contributed by atoms with van der Waals surface area (Å²) in [5, 5.41) is 6.49. The molecule has 92 valence electrons. The Bertz CT molecular complexity index is 239. The molecular formula is C12H22N2O2. The van der Waals surface area contributed by atoms with Gasteiger partial charge in [0.25, 0.3) is 0 Å². The highest BCUT2D eigenvalue weighted by Gasteiger charge is 2.28. The van der Waals surface area contributed by atoms with Crippen LogP contribution in [0.5, 0.6) is 0 Å². The van der Waals surface area contributed by atoms with E-state index >= 15 is 0 Å². The Hall–Kier alpha value is -0.610. The van der Waals surface area contributed by atoms with Gasteiger partial charge in [-0.2, -0.15) is 0 Å². The average Bonchev–Trinajstić information content (AvgIpc) is 2.29. The number of hydrogen-bond donors (Lipinski definition) is 2. The maximum absolute atomic E-state index is 11.0. The fourth-order valence-corrected chi connectivity index (χ4v) is 2.34. The molecule has 16 heavy (non-hydrogen) atoms. The topological polar surface area (TPSA) is 50.4 Å². The highest BCUT2D eigenvalue weighted by molar-refractivity contribution is 5.76.